The van der Waals surface area contributed by atoms with Gasteiger partial charge in [0, 0.05) is 47.6 Å². The van der Waals surface area contributed by atoms with E-state index < -0.39 is 29.9 Å². The first-order chi connectivity index (χ1) is 39.4. The molecule has 3 aromatic carbocycles. The van der Waals surface area contributed by atoms with Crippen LogP contribution in [-0.4, -0.2) is 83.5 Å². The zero-order chi connectivity index (χ0) is 57.5. The van der Waals surface area contributed by atoms with Crippen LogP contribution in [0.4, 0.5) is 11.4 Å². The molecule has 7 rings (SSSR count). The number of carboxylic acids is 2. The number of oxazole rings is 1. The van der Waals surface area contributed by atoms with Crippen molar-refractivity contribution >= 4 is 75.3 Å². The van der Waals surface area contributed by atoms with Gasteiger partial charge in [0.15, 0.2) is 17.1 Å². The average molecular weight is 1080 g/mol. The molecule has 0 saturated carbocycles. The van der Waals surface area contributed by atoms with Crippen LogP contribution >= 0.6 is 11.8 Å². The van der Waals surface area contributed by atoms with Crippen LogP contribution in [0.1, 0.15) is 80.9 Å². The van der Waals surface area contributed by atoms with Crippen molar-refractivity contribution < 1.29 is 38.5 Å². The van der Waals surface area contributed by atoms with Gasteiger partial charge >= 0.3 is 23.8 Å². The summed E-state index contributed by atoms with van der Waals surface area (Å²) in [7, 11) is 0. The Labute approximate surface area is 469 Å². The number of hydrogen-bond acceptors (Lipinski definition) is 13. The fraction of sp³-hybridized carbons (Fsp3) is 0.127. The minimum atomic E-state index is -1.20. The Morgan fingerprint density at radius 3 is 2.04 bits per heavy atom. The first-order valence-electron chi connectivity index (χ1n) is 23.8. The number of nitriles is 1. The third-order valence-corrected chi connectivity index (χ3v) is 12.2. The number of aromatic carboxylic acids is 2. The number of allylic oxidation sites excluding steroid dienone is 1. The first-order valence-corrected chi connectivity index (χ1v) is 24.7. The Morgan fingerprint density at radius 1 is 0.790 bits per heavy atom. The number of likely N-dealkylation sites (N-methyl/N-ethyl adjacent to an activating group) is 1. The van der Waals surface area contributed by atoms with E-state index in [0.29, 0.717) is 51.0 Å². The molecular weight excluding hydrogens is 1040 g/mol. The molecule has 1 atom stereocenters. The van der Waals surface area contributed by atoms with Crippen molar-refractivity contribution in [3.05, 3.63) is 125 Å². The van der Waals surface area contributed by atoms with E-state index in [1.807, 2.05) is 36.1 Å². The van der Waals surface area contributed by atoms with E-state index in [1.54, 1.807) is 55.8 Å². The molecule has 0 fully saturated rings. The smallest absolute Gasteiger partial charge is 0.340 e. The van der Waals surface area contributed by atoms with Crippen molar-refractivity contribution in [1.29, 1.82) is 5.26 Å². The molecular formula is C63H37N9O8S. The van der Waals surface area contributed by atoms with Crippen LogP contribution in [0.3, 0.4) is 0 Å². The molecule has 81 heavy (non-hydrogen) atoms. The third-order valence-electron chi connectivity index (χ3n) is 10.9. The van der Waals surface area contributed by atoms with E-state index in [9.17, 15) is 34.7 Å². The van der Waals surface area contributed by atoms with E-state index in [1.165, 1.54) is 41.3 Å². The number of nitrogens with zero attached hydrogens (tertiary/aromatic N) is 8. The molecule has 0 aliphatic heterocycles. The van der Waals surface area contributed by atoms with Crippen LogP contribution in [0.15, 0.2) is 99.4 Å². The van der Waals surface area contributed by atoms with Gasteiger partial charge in [-0.2, -0.15) is 5.26 Å². The summed E-state index contributed by atoms with van der Waals surface area (Å²) >= 11 is 1.16. The second kappa shape index (κ2) is 28.1. The molecule has 388 valence electrons. The summed E-state index contributed by atoms with van der Waals surface area (Å²) in [5.74, 6) is 47.0. The topological polar surface area (TPSA) is 233 Å². The Hall–Kier alpha value is -12.2. The van der Waals surface area contributed by atoms with E-state index in [-0.39, 0.29) is 46.3 Å². The maximum Gasteiger partial charge on any atom is 0.340 e. The van der Waals surface area contributed by atoms with Crippen LogP contribution in [0, 0.1) is 137 Å². The van der Waals surface area contributed by atoms with Gasteiger partial charge in [0.05, 0.1) is 34.2 Å². The summed E-state index contributed by atoms with van der Waals surface area (Å²) in [6, 6.07) is 21.9. The van der Waals surface area contributed by atoms with Gasteiger partial charge in [-0.25, -0.2) is 28.9 Å². The van der Waals surface area contributed by atoms with E-state index in [0.717, 1.165) is 17.4 Å². The number of esters is 1. The van der Waals surface area contributed by atoms with Gasteiger partial charge in [-0.3, -0.25) is 14.8 Å². The predicted octanol–water partition coefficient (Wildman–Crippen LogP) is 7.35. The second-order valence-corrected chi connectivity index (χ2v) is 17.1. The van der Waals surface area contributed by atoms with Crippen molar-refractivity contribution in [3.63, 3.8) is 0 Å². The first kappa shape index (κ1) is 56.5. The largest absolute Gasteiger partial charge is 0.478 e. The van der Waals surface area contributed by atoms with Gasteiger partial charge in [0.1, 0.15) is 28.8 Å². The molecule has 1 amide bonds. The highest BCUT2D eigenvalue weighted by Gasteiger charge is 2.29. The van der Waals surface area contributed by atoms with E-state index in [4.69, 9.17) is 9.15 Å². The molecule has 18 heteroatoms. The standard InChI is InChI=1S/C63H37N9O8S/c1-5-7-8-9-10-11-12-13-14-15-16-17-18-19-20-21-22-23-24-30-55(73)71(51-28-25-27-47(41-51)61(74)75)45(4)57-67-68-58-56(44(3)69-72(57)58)81-60-52(29-26-37-65-60)63(78)79-39-38-70(6-2)50-34-31-46(32-35-50)40-49(43-64)59-66-53-42-48(62(76)77)33-36-54(53)80-59/h25-29,31-37,40-42,45,69H,6,38-39H2,1-4H3,(H,74,75)(H,76,77)/b49-40+. The Kier molecular flexibility index (Phi) is 19.6. The summed E-state index contributed by atoms with van der Waals surface area (Å²) in [6.07, 6.45) is 3.17. The number of fused-ring (bicyclic) bond motifs is 2. The number of carboxylic acid groups (broad SMARTS) is 2. The molecule has 4 heterocycles. The lowest BCUT2D eigenvalue weighted by Gasteiger charge is -2.26. The van der Waals surface area contributed by atoms with Gasteiger partial charge in [-0.1, -0.05) is 35.9 Å². The molecule has 0 aliphatic rings. The number of aromatic nitrogens is 6. The van der Waals surface area contributed by atoms with E-state index >= 15 is 0 Å². The van der Waals surface area contributed by atoms with Crippen LogP contribution in [-0.2, 0) is 9.53 Å². The molecule has 7 aromatic rings. The zero-order valence-electron chi connectivity index (χ0n) is 43.2. The SMILES string of the molecule is CC#CC#CC#CC#CC#CC#CC#CC#CC#CC#CC(=O)N(c1cccc(C(=O)O)c1)C(C)c1nnc2c(Sc3ncccc3C(=O)OCCN(CC)c3ccc(/C=C(\C#N)c4nc5cc(C(=O)O)ccc5o4)cc3)c(C)[nH]n12. The molecule has 0 bridgehead atoms. The quantitative estimate of drug-likeness (QED) is 0.0518. The number of carbonyl (C=O) groups excluding carboxylic acids is 2. The maximum atomic E-state index is 13.9. The number of hydrogen-bond donors (Lipinski definition) is 3. The van der Waals surface area contributed by atoms with Crippen molar-refractivity contribution in [2.24, 2.45) is 0 Å². The fourth-order valence-corrected chi connectivity index (χ4v) is 8.24. The third kappa shape index (κ3) is 15.0. The minimum absolute atomic E-state index is 0.0354. The van der Waals surface area contributed by atoms with Gasteiger partial charge < -0.3 is 24.3 Å². The molecule has 0 radical (unpaired) electrons. The summed E-state index contributed by atoms with van der Waals surface area (Å²) in [5.41, 5.74) is 3.74. The summed E-state index contributed by atoms with van der Waals surface area (Å²) < 4.78 is 13.1. The number of pyridine rings is 1. The number of nitrogens with one attached hydrogen (secondary N) is 1. The Bertz CT molecular complexity index is 4440. The number of ether oxygens (including phenoxy) is 1. The Morgan fingerprint density at radius 2 is 1.42 bits per heavy atom. The number of anilines is 2. The minimum Gasteiger partial charge on any atom is -0.478 e. The molecule has 4 aromatic heterocycles. The molecule has 0 saturated heterocycles. The van der Waals surface area contributed by atoms with Gasteiger partial charge in [-0.05, 0) is 195 Å². The van der Waals surface area contributed by atoms with Crippen LogP contribution in [0.5, 0.6) is 0 Å². The second-order valence-electron chi connectivity index (χ2n) is 16.1. The highest BCUT2D eigenvalue weighted by molar-refractivity contribution is 7.99. The number of rotatable bonds is 15. The van der Waals surface area contributed by atoms with Crippen LogP contribution in [0.25, 0.3) is 28.4 Å². The van der Waals surface area contributed by atoms with Crippen LogP contribution in [0.2, 0.25) is 0 Å². The highest BCUT2D eigenvalue weighted by atomic mass is 32.2. The van der Waals surface area contributed by atoms with Crippen LogP contribution < -0.4 is 9.80 Å². The predicted molar refractivity (Wildman–Crippen MR) is 302 cm³/mol. The van der Waals surface area contributed by atoms with Crippen molar-refractivity contribution in [3.8, 4) is 124 Å². The van der Waals surface area contributed by atoms with Gasteiger partial charge in [0.25, 0.3) is 0 Å². The lowest BCUT2D eigenvalue weighted by Crippen LogP contribution is -2.34. The van der Waals surface area contributed by atoms with E-state index in [2.05, 4.69) is 150 Å². The number of aromatic amines is 1. The summed E-state index contributed by atoms with van der Waals surface area (Å²) in [4.78, 5) is 63.7. The highest BCUT2D eigenvalue weighted by Crippen LogP contribution is 2.36. The summed E-state index contributed by atoms with van der Waals surface area (Å²) in [5, 5.41) is 41.5. The number of H-pyrrole nitrogens is 1. The van der Waals surface area contributed by atoms with Gasteiger partial charge in [-0.15, -0.1) is 10.2 Å². The lowest BCUT2D eigenvalue weighted by molar-refractivity contribution is -0.113. The number of carbonyl (C=O) groups is 4. The number of benzene rings is 3. The van der Waals surface area contributed by atoms with Crippen molar-refractivity contribution in [2.75, 3.05) is 29.5 Å². The number of aryl methyl sites for hydroxylation is 1. The molecule has 0 aliphatic carbocycles. The molecule has 1 unspecified atom stereocenters. The average Bonchev–Trinajstić information content (AvgIpc) is 4.21. The normalized spacial score (nSPS) is 9.99. The summed E-state index contributed by atoms with van der Waals surface area (Å²) in [6.45, 7) is 8.09. The fourth-order valence-electron chi connectivity index (χ4n) is 7.25. The number of amides is 1. The maximum absolute atomic E-state index is 13.9. The molecule has 17 nitrogen and oxygen atoms in total. The molecule has 0 spiro atoms. The zero-order valence-corrected chi connectivity index (χ0v) is 44.0. The monoisotopic (exact) mass is 1080 g/mol. The Balaban J connectivity index is 1.01. The van der Waals surface area contributed by atoms with Crippen molar-refractivity contribution in [2.45, 2.75) is 43.7 Å². The van der Waals surface area contributed by atoms with Gasteiger partial charge in [0.2, 0.25) is 5.89 Å². The van der Waals surface area contributed by atoms with Crippen molar-refractivity contribution in [1.82, 2.24) is 29.8 Å². The lowest BCUT2D eigenvalue weighted by atomic mass is 10.1. The molecule has 3 N–H and O–H groups in total.